The van der Waals surface area contributed by atoms with Crippen LogP contribution >= 0.6 is 6.72 Å². The van der Waals surface area contributed by atoms with Crippen LogP contribution in [0.15, 0.2) is 42.9 Å². The first-order valence-corrected chi connectivity index (χ1v) is 8.16. The molecule has 0 fully saturated rings. The van der Waals surface area contributed by atoms with Gasteiger partial charge in [-0.05, 0) is 12.1 Å². The van der Waals surface area contributed by atoms with Gasteiger partial charge in [-0.3, -0.25) is 4.98 Å². The molecule has 3 rings (SSSR count). The molecule has 0 bridgehead atoms. The number of aromatic nitrogens is 4. The van der Waals surface area contributed by atoms with Gasteiger partial charge in [0, 0.05) is 17.2 Å². The van der Waals surface area contributed by atoms with Crippen LogP contribution in [0.5, 0.6) is 6.01 Å². The molecule has 7 nitrogen and oxygen atoms in total. The molecular weight excluding hydrogens is 299 g/mol. The predicted molar refractivity (Wildman–Crippen MR) is 76.0 cm³/mol. The van der Waals surface area contributed by atoms with E-state index >= 15 is 0 Å². The Kier molecular flexibility index (Phi) is 3.23. The molecule has 0 unspecified atom stereocenters. The third-order valence-corrected chi connectivity index (χ3v) is 3.14. The molecular formula is C11H9N4O3PS. The van der Waals surface area contributed by atoms with Crippen LogP contribution in [0.1, 0.15) is 0 Å². The number of hydrogen-bond acceptors (Lipinski definition) is 5. The number of para-hydroxylation sites is 1. The third-order valence-electron chi connectivity index (χ3n) is 2.51. The van der Waals surface area contributed by atoms with Crippen LogP contribution in [-0.2, 0) is 11.8 Å². The smallest absolute Gasteiger partial charge is 0.377 e. The van der Waals surface area contributed by atoms with Crippen LogP contribution in [-0.4, -0.2) is 29.5 Å². The highest BCUT2D eigenvalue weighted by atomic mass is 32.5. The normalized spacial score (nSPS) is 11.7. The molecule has 0 amide bonds. The number of hydrogen-bond donors (Lipinski definition) is 2. The zero-order valence-electron chi connectivity index (χ0n) is 9.99. The molecule has 20 heavy (non-hydrogen) atoms. The van der Waals surface area contributed by atoms with Crippen molar-refractivity contribution in [2.24, 2.45) is 0 Å². The lowest BCUT2D eigenvalue weighted by Crippen LogP contribution is -1.97. The maximum absolute atomic E-state index is 9.05. The molecule has 0 aliphatic carbocycles. The van der Waals surface area contributed by atoms with Crippen molar-refractivity contribution in [1.82, 2.24) is 19.7 Å². The van der Waals surface area contributed by atoms with Gasteiger partial charge in [0.2, 0.25) is 0 Å². The number of pyridine rings is 1. The zero-order valence-corrected chi connectivity index (χ0v) is 11.7. The summed E-state index contributed by atoms with van der Waals surface area (Å²) in [6, 6.07) is 9.35. The first kappa shape index (κ1) is 13.1. The molecule has 2 aromatic heterocycles. The van der Waals surface area contributed by atoms with Gasteiger partial charge in [0.15, 0.2) is 0 Å². The first-order chi connectivity index (χ1) is 9.51. The van der Waals surface area contributed by atoms with E-state index in [2.05, 4.69) is 31.4 Å². The lowest BCUT2D eigenvalue weighted by Gasteiger charge is -2.05. The van der Waals surface area contributed by atoms with E-state index in [0.717, 1.165) is 10.9 Å². The van der Waals surface area contributed by atoms with Crippen molar-refractivity contribution in [1.29, 1.82) is 0 Å². The van der Waals surface area contributed by atoms with Crippen molar-refractivity contribution < 1.29 is 14.3 Å². The maximum atomic E-state index is 9.05. The van der Waals surface area contributed by atoms with E-state index in [9.17, 15) is 0 Å². The van der Waals surface area contributed by atoms with Crippen molar-refractivity contribution in [3.05, 3.63) is 42.9 Å². The van der Waals surface area contributed by atoms with Gasteiger partial charge < -0.3 is 14.3 Å². The molecule has 0 aliphatic heterocycles. The Morgan fingerprint density at radius 3 is 2.80 bits per heavy atom. The van der Waals surface area contributed by atoms with Gasteiger partial charge >= 0.3 is 12.7 Å². The summed E-state index contributed by atoms with van der Waals surface area (Å²) in [5.74, 6) is 0. The Morgan fingerprint density at radius 2 is 2.00 bits per heavy atom. The largest absolute Gasteiger partial charge is 0.388 e. The van der Waals surface area contributed by atoms with Gasteiger partial charge in [0.25, 0.3) is 0 Å². The Morgan fingerprint density at radius 1 is 1.20 bits per heavy atom. The van der Waals surface area contributed by atoms with Gasteiger partial charge in [-0.25, -0.2) is 4.68 Å². The van der Waals surface area contributed by atoms with Crippen LogP contribution in [0.2, 0.25) is 0 Å². The van der Waals surface area contributed by atoms with E-state index in [0.29, 0.717) is 5.69 Å². The van der Waals surface area contributed by atoms with Gasteiger partial charge in [0.05, 0.1) is 17.4 Å². The zero-order chi connectivity index (χ0) is 14.2. The van der Waals surface area contributed by atoms with E-state index in [4.69, 9.17) is 9.79 Å². The van der Waals surface area contributed by atoms with Crippen LogP contribution in [0.25, 0.3) is 16.6 Å². The van der Waals surface area contributed by atoms with Gasteiger partial charge in [-0.1, -0.05) is 18.2 Å². The summed E-state index contributed by atoms with van der Waals surface area (Å²) >= 11 is 4.35. The number of rotatable bonds is 3. The van der Waals surface area contributed by atoms with Gasteiger partial charge in [0.1, 0.15) is 6.33 Å². The average molecular weight is 308 g/mol. The van der Waals surface area contributed by atoms with E-state index in [-0.39, 0.29) is 6.01 Å². The van der Waals surface area contributed by atoms with Crippen molar-refractivity contribution in [2.75, 3.05) is 0 Å². The molecule has 0 atom stereocenters. The molecule has 3 aromatic rings. The van der Waals surface area contributed by atoms with Crippen LogP contribution < -0.4 is 4.52 Å². The molecule has 0 saturated heterocycles. The second kappa shape index (κ2) is 4.92. The summed E-state index contributed by atoms with van der Waals surface area (Å²) in [6.45, 7) is -3.83. The van der Waals surface area contributed by atoms with Crippen LogP contribution in [0, 0.1) is 0 Å². The minimum atomic E-state index is -3.83. The molecule has 0 aliphatic rings. The molecule has 2 N–H and O–H groups in total. The molecule has 0 spiro atoms. The lowest BCUT2D eigenvalue weighted by molar-refractivity contribution is 0.357. The molecule has 0 saturated carbocycles. The van der Waals surface area contributed by atoms with E-state index in [1.54, 1.807) is 6.20 Å². The summed E-state index contributed by atoms with van der Waals surface area (Å²) in [7, 11) is 0. The van der Waals surface area contributed by atoms with E-state index in [1.165, 1.54) is 11.0 Å². The third kappa shape index (κ3) is 2.83. The standard InChI is InChI=1S/C11H9N4O3PS/c16-19(17,20)18-11-13-7-15(14-11)9-5-8-3-1-2-4-10(8)12-6-9/h1-7H,(H2,16,17,20). The highest BCUT2D eigenvalue weighted by molar-refractivity contribution is 8.06. The molecule has 2 heterocycles. The fourth-order valence-electron chi connectivity index (χ4n) is 1.71. The predicted octanol–water partition coefficient (Wildman–Crippen LogP) is 1.40. The van der Waals surface area contributed by atoms with Crippen molar-refractivity contribution >= 4 is 29.4 Å². The summed E-state index contributed by atoms with van der Waals surface area (Å²) < 4.78 is 6.08. The molecule has 1 aromatic carbocycles. The van der Waals surface area contributed by atoms with Crippen molar-refractivity contribution in [3.8, 4) is 11.7 Å². The minimum absolute atomic E-state index is 0.188. The SMILES string of the molecule is OP(O)(=S)Oc1ncn(-c2cnc3ccccc3c2)n1. The Balaban J connectivity index is 1.97. The maximum Gasteiger partial charge on any atom is 0.377 e. The lowest BCUT2D eigenvalue weighted by atomic mass is 10.2. The van der Waals surface area contributed by atoms with E-state index in [1.807, 2.05) is 30.3 Å². The van der Waals surface area contributed by atoms with Crippen LogP contribution in [0.3, 0.4) is 0 Å². The van der Waals surface area contributed by atoms with Gasteiger partial charge in [-0.15, -0.1) is 5.10 Å². The minimum Gasteiger partial charge on any atom is -0.388 e. The molecule has 9 heteroatoms. The average Bonchev–Trinajstić information content (AvgIpc) is 2.84. The summed E-state index contributed by atoms with van der Waals surface area (Å²) in [6.07, 6.45) is 3.01. The quantitative estimate of drug-likeness (QED) is 0.706. The Labute approximate surface area is 118 Å². The number of nitrogens with zero attached hydrogens (tertiary/aromatic N) is 4. The van der Waals surface area contributed by atoms with Crippen LogP contribution in [0.4, 0.5) is 0 Å². The summed E-state index contributed by atoms with van der Waals surface area (Å²) in [5, 5.41) is 4.91. The second-order valence-electron chi connectivity index (χ2n) is 3.94. The number of benzene rings is 1. The van der Waals surface area contributed by atoms with E-state index < -0.39 is 6.72 Å². The summed E-state index contributed by atoms with van der Waals surface area (Å²) in [5.41, 5.74) is 1.55. The first-order valence-electron chi connectivity index (χ1n) is 5.53. The van der Waals surface area contributed by atoms with Gasteiger partial charge in [-0.2, -0.15) is 4.98 Å². The monoisotopic (exact) mass is 308 g/mol. The highest BCUT2D eigenvalue weighted by Gasteiger charge is 2.14. The highest BCUT2D eigenvalue weighted by Crippen LogP contribution is 2.36. The van der Waals surface area contributed by atoms with Crippen molar-refractivity contribution in [3.63, 3.8) is 0 Å². The Bertz CT molecular complexity index is 816. The Hall–Kier alpha value is -1.86. The van der Waals surface area contributed by atoms with Crippen molar-refractivity contribution in [2.45, 2.75) is 0 Å². The fourth-order valence-corrected chi connectivity index (χ4v) is 2.20. The fraction of sp³-hybridized carbons (Fsp3) is 0. The molecule has 0 radical (unpaired) electrons. The topological polar surface area (TPSA) is 93.3 Å². The summed E-state index contributed by atoms with van der Waals surface area (Å²) in [4.78, 5) is 26.2. The second-order valence-corrected chi connectivity index (χ2v) is 6.53. The molecule has 102 valence electrons. The number of fused-ring (bicyclic) bond motifs is 1.